The maximum atomic E-state index is 13.1. The van der Waals surface area contributed by atoms with Crippen molar-refractivity contribution in [1.82, 2.24) is 4.72 Å². The van der Waals surface area contributed by atoms with Gasteiger partial charge in [-0.2, -0.15) is 9.30 Å². The topological polar surface area (TPSA) is 75.5 Å². The molecule has 0 spiro atoms. The molecular formula is C32H31N2O4S+. The first kappa shape index (κ1) is 26.5. The van der Waals surface area contributed by atoms with Gasteiger partial charge in [0, 0.05) is 23.3 Å². The second-order valence-electron chi connectivity index (χ2n) is 10.2. The van der Waals surface area contributed by atoms with Crippen LogP contribution in [0.5, 0.6) is 5.75 Å². The lowest BCUT2D eigenvalue weighted by Gasteiger charge is -2.17. The molecule has 4 aromatic rings. The highest BCUT2D eigenvalue weighted by molar-refractivity contribution is 7.89. The van der Waals surface area contributed by atoms with Crippen LogP contribution in [-0.2, 0) is 20.2 Å². The van der Waals surface area contributed by atoms with E-state index in [1.807, 2.05) is 42.5 Å². The summed E-state index contributed by atoms with van der Waals surface area (Å²) in [5, 5.41) is 1.93. The van der Waals surface area contributed by atoms with Gasteiger partial charge in [-0.15, -0.1) is 0 Å². The van der Waals surface area contributed by atoms with E-state index in [0.717, 1.165) is 27.7 Å². The molecule has 6 nitrogen and oxygen atoms in total. The van der Waals surface area contributed by atoms with Crippen molar-refractivity contribution >= 4 is 44.2 Å². The van der Waals surface area contributed by atoms with Gasteiger partial charge >= 0.3 is 5.97 Å². The number of hydrogen-bond acceptors (Lipinski definition) is 4. The van der Waals surface area contributed by atoms with Crippen LogP contribution in [0.4, 0.5) is 5.69 Å². The van der Waals surface area contributed by atoms with Gasteiger partial charge in [0.2, 0.25) is 15.7 Å². The van der Waals surface area contributed by atoms with E-state index in [1.54, 1.807) is 24.3 Å². The summed E-state index contributed by atoms with van der Waals surface area (Å²) in [5.41, 5.74) is 4.04. The minimum absolute atomic E-state index is 0.0836. The minimum atomic E-state index is -3.88. The molecule has 1 heterocycles. The van der Waals surface area contributed by atoms with E-state index in [-0.39, 0.29) is 10.3 Å². The summed E-state index contributed by atoms with van der Waals surface area (Å²) < 4.78 is 35.9. The molecule has 1 atom stereocenters. The van der Waals surface area contributed by atoms with Crippen LogP contribution in [0, 0.1) is 0 Å². The highest BCUT2D eigenvalue weighted by atomic mass is 32.2. The zero-order valence-electron chi connectivity index (χ0n) is 22.4. The molecule has 0 aliphatic carbocycles. The van der Waals surface area contributed by atoms with E-state index < -0.39 is 22.0 Å². The number of para-hydroxylation sites is 1. The zero-order chi connectivity index (χ0) is 27.8. The molecule has 1 aliphatic heterocycles. The van der Waals surface area contributed by atoms with Gasteiger partial charge in [0.1, 0.15) is 18.8 Å². The molecule has 4 aromatic carbocycles. The monoisotopic (exact) mass is 539 g/mol. The summed E-state index contributed by atoms with van der Waals surface area (Å²) in [5.74, 6) is -0.338. The highest BCUT2D eigenvalue weighted by Gasteiger charge is 2.42. The van der Waals surface area contributed by atoms with Gasteiger partial charge in [-0.25, -0.2) is 13.2 Å². The lowest BCUT2D eigenvalue weighted by molar-refractivity contribution is -0.401. The molecule has 0 radical (unpaired) electrons. The third-order valence-corrected chi connectivity index (χ3v) is 8.79. The van der Waals surface area contributed by atoms with Crippen molar-refractivity contribution in [2.45, 2.75) is 37.1 Å². The number of esters is 1. The number of hydrogen-bond donors (Lipinski definition) is 1. The molecule has 198 valence electrons. The van der Waals surface area contributed by atoms with Crippen molar-refractivity contribution in [1.29, 1.82) is 0 Å². The Balaban J connectivity index is 1.48. The van der Waals surface area contributed by atoms with Gasteiger partial charge in [0.15, 0.2) is 5.71 Å². The minimum Gasteiger partial charge on any atom is -0.425 e. The number of nitrogens with one attached hydrogen (secondary N) is 1. The Morgan fingerprint density at radius 2 is 1.56 bits per heavy atom. The summed E-state index contributed by atoms with van der Waals surface area (Å²) >= 11 is 0. The number of carbonyl (C=O) groups is 1. The Labute approximate surface area is 229 Å². The molecule has 1 aliphatic rings. The lowest BCUT2D eigenvalue weighted by atomic mass is 9.81. The summed E-state index contributed by atoms with van der Waals surface area (Å²) in [6, 6.07) is 26.7. The second-order valence-corrected chi connectivity index (χ2v) is 11.9. The molecule has 1 N–H and O–H groups in total. The van der Waals surface area contributed by atoms with Crippen LogP contribution in [-0.4, -0.2) is 37.8 Å². The average molecular weight is 540 g/mol. The first-order chi connectivity index (χ1) is 18.6. The molecule has 0 aromatic heterocycles. The third kappa shape index (κ3) is 5.03. The van der Waals surface area contributed by atoms with Gasteiger partial charge in [-0.1, -0.05) is 66.7 Å². The first-order valence-electron chi connectivity index (χ1n) is 12.8. The fourth-order valence-electron chi connectivity index (χ4n) is 5.15. The van der Waals surface area contributed by atoms with Crippen molar-refractivity contribution in [3.8, 4) is 5.75 Å². The highest BCUT2D eigenvalue weighted by Crippen LogP contribution is 2.39. The molecule has 39 heavy (non-hydrogen) atoms. The summed E-state index contributed by atoms with van der Waals surface area (Å²) in [7, 11) is -1.83. The van der Waals surface area contributed by atoms with Gasteiger partial charge < -0.3 is 4.74 Å². The van der Waals surface area contributed by atoms with E-state index in [1.165, 1.54) is 24.6 Å². The third-order valence-electron chi connectivity index (χ3n) is 7.23. The van der Waals surface area contributed by atoms with Crippen LogP contribution < -0.4 is 9.46 Å². The maximum absolute atomic E-state index is 13.1. The molecule has 0 bridgehead atoms. The zero-order valence-corrected chi connectivity index (χ0v) is 23.2. The van der Waals surface area contributed by atoms with Crippen LogP contribution in [0.1, 0.15) is 31.9 Å². The van der Waals surface area contributed by atoms with E-state index in [2.05, 4.69) is 54.5 Å². The van der Waals surface area contributed by atoms with Crippen LogP contribution in [0.2, 0.25) is 0 Å². The van der Waals surface area contributed by atoms with Crippen LogP contribution in [0.15, 0.2) is 102 Å². The number of carbonyl (C=O) groups excluding carboxylic acids is 1. The number of benzene rings is 4. The molecule has 1 unspecified atom stereocenters. The fraction of sp³-hybridized carbons (Fsp3) is 0.188. The molecule has 0 saturated carbocycles. The Hall–Kier alpha value is -4.07. The Bertz CT molecular complexity index is 1740. The van der Waals surface area contributed by atoms with Crippen LogP contribution in [0.3, 0.4) is 0 Å². The molecule has 5 rings (SSSR count). The predicted molar refractivity (Wildman–Crippen MR) is 155 cm³/mol. The van der Waals surface area contributed by atoms with E-state index in [9.17, 15) is 13.2 Å². The number of ether oxygens (including phenoxy) is 1. The fourth-order valence-corrected chi connectivity index (χ4v) is 6.36. The predicted octanol–water partition coefficient (Wildman–Crippen LogP) is 5.83. The lowest BCUT2D eigenvalue weighted by Crippen LogP contribution is -2.40. The average Bonchev–Trinajstić information content (AvgIpc) is 3.12. The number of fused-ring (bicyclic) bond motifs is 2. The largest absolute Gasteiger partial charge is 0.425 e. The quantitative estimate of drug-likeness (QED) is 0.182. The smallest absolute Gasteiger partial charge is 0.329 e. The number of allylic oxidation sites excluding steroid dienone is 1. The Morgan fingerprint density at radius 1 is 0.897 bits per heavy atom. The van der Waals surface area contributed by atoms with Crippen LogP contribution >= 0.6 is 0 Å². The maximum Gasteiger partial charge on any atom is 0.329 e. The molecule has 0 amide bonds. The van der Waals surface area contributed by atoms with Crippen molar-refractivity contribution in [2.24, 2.45) is 0 Å². The van der Waals surface area contributed by atoms with Gasteiger partial charge in [0.05, 0.1) is 10.3 Å². The summed E-state index contributed by atoms with van der Waals surface area (Å²) in [6.45, 7) is 5.86. The van der Waals surface area contributed by atoms with Crippen molar-refractivity contribution in [2.75, 3.05) is 7.05 Å². The van der Waals surface area contributed by atoms with Crippen LogP contribution in [0.25, 0.3) is 16.8 Å². The van der Waals surface area contributed by atoms with Crippen molar-refractivity contribution in [3.63, 3.8) is 0 Å². The van der Waals surface area contributed by atoms with Gasteiger partial charge in [-0.3, -0.25) is 0 Å². The standard InChI is InChI=1S/C32H31N2O4S/c1-22(33-39(36,37)24-13-6-5-7-14-24)31(35)38-29-20-18-23-12-8-9-15-25(23)26(29)19-21-30-32(2,3)27-16-10-11-17-28(27)34(30)4/h5-22,33H,1-4H3/q+1. The summed E-state index contributed by atoms with van der Waals surface area (Å²) in [6.07, 6.45) is 4.05. The summed E-state index contributed by atoms with van der Waals surface area (Å²) in [4.78, 5) is 13.2. The van der Waals surface area contributed by atoms with E-state index in [0.29, 0.717) is 5.75 Å². The number of sulfonamides is 1. The van der Waals surface area contributed by atoms with Gasteiger partial charge in [-0.05, 0) is 55.8 Å². The molecule has 0 fully saturated rings. The SMILES string of the molecule is CC(NS(=O)(=O)c1ccccc1)C(=O)Oc1ccc2ccccc2c1C=CC1=[N+](C)c2ccccc2C1(C)C. The van der Waals surface area contributed by atoms with E-state index in [4.69, 9.17) is 4.74 Å². The molecule has 0 saturated heterocycles. The van der Waals surface area contributed by atoms with E-state index >= 15 is 0 Å². The normalized spacial score (nSPS) is 15.5. The van der Waals surface area contributed by atoms with Crippen molar-refractivity contribution in [3.05, 3.63) is 108 Å². The Kier molecular flexibility index (Phi) is 6.97. The first-order valence-corrected chi connectivity index (χ1v) is 14.3. The number of rotatable bonds is 7. The number of nitrogens with zero attached hydrogens (tertiary/aromatic N) is 1. The second kappa shape index (κ2) is 10.2. The van der Waals surface area contributed by atoms with Gasteiger partial charge in [0.25, 0.3) is 0 Å². The molecular weight excluding hydrogens is 508 g/mol. The molecule has 7 heteroatoms. The van der Waals surface area contributed by atoms with Crippen molar-refractivity contribution < 1.29 is 22.5 Å². The Morgan fingerprint density at radius 3 is 2.31 bits per heavy atom.